The lowest BCUT2D eigenvalue weighted by molar-refractivity contribution is 0.0991. The van der Waals surface area contributed by atoms with Crippen LogP contribution in [0.1, 0.15) is 29.3 Å². The summed E-state index contributed by atoms with van der Waals surface area (Å²) in [7, 11) is 0. The molecular formula is C13H17NO2. The SMILES string of the molecule is CCNCC(=O)c1ccc2c(c1)CCCO2. The Labute approximate surface area is 95.8 Å². The van der Waals surface area contributed by atoms with E-state index in [1.807, 2.05) is 25.1 Å². The molecule has 3 heteroatoms. The van der Waals surface area contributed by atoms with Crippen molar-refractivity contribution in [1.82, 2.24) is 5.32 Å². The van der Waals surface area contributed by atoms with Crippen LogP contribution >= 0.6 is 0 Å². The molecule has 0 aliphatic carbocycles. The Morgan fingerprint density at radius 2 is 2.38 bits per heavy atom. The van der Waals surface area contributed by atoms with E-state index in [-0.39, 0.29) is 5.78 Å². The van der Waals surface area contributed by atoms with Crippen LogP contribution in [0.25, 0.3) is 0 Å². The monoisotopic (exact) mass is 219 g/mol. The molecule has 0 bridgehead atoms. The number of ketones is 1. The minimum atomic E-state index is 0.148. The quantitative estimate of drug-likeness (QED) is 0.785. The first-order valence-electron chi connectivity index (χ1n) is 5.81. The number of Topliss-reactive ketones (excluding diaryl/α,β-unsaturated/α-hetero) is 1. The third-order valence-corrected chi connectivity index (χ3v) is 2.77. The van der Waals surface area contributed by atoms with E-state index in [4.69, 9.17) is 4.74 Å². The standard InChI is InChI=1S/C13H17NO2/c1-2-14-9-12(15)10-5-6-13-11(8-10)4-3-7-16-13/h5-6,8,14H,2-4,7,9H2,1H3. The predicted octanol–water partition coefficient (Wildman–Crippen LogP) is 1.80. The van der Waals surface area contributed by atoms with Gasteiger partial charge in [0.1, 0.15) is 5.75 Å². The molecule has 16 heavy (non-hydrogen) atoms. The molecule has 1 heterocycles. The molecule has 86 valence electrons. The number of rotatable bonds is 4. The predicted molar refractivity (Wildman–Crippen MR) is 63.1 cm³/mol. The first kappa shape index (κ1) is 11.1. The second-order valence-corrected chi connectivity index (χ2v) is 3.98. The summed E-state index contributed by atoms with van der Waals surface area (Å²) in [6, 6.07) is 5.73. The number of aryl methyl sites for hydroxylation is 1. The number of likely N-dealkylation sites (N-methyl/N-ethyl adjacent to an activating group) is 1. The van der Waals surface area contributed by atoms with Crippen molar-refractivity contribution >= 4 is 5.78 Å². The van der Waals surface area contributed by atoms with Gasteiger partial charge in [-0.1, -0.05) is 6.92 Å². The van der Waals surface area contributed by atoms with Crippen LogP contribution in [0.5, 0.6) is 5.75 Å². The van der Waals surface area contributed by atoms with E-state index in [0.29, 0.717) is 6.54 Å². The van der Waals surface area contributed by atoms with Crippen LogP contribution in [0, 0.1) is 0 Å². The van der Waals surface area contributed by atoms with Gasteiger partial charge in [-0.2, -0.15) is 0 Å². The lowest BCUT2D eigenvalue weighted by Gasteiger charge is -2.17. The van der Waals surface area contributed by atoms with Crippen LogP contribution in [0.2, 0.25) is 0 Å². The second kappa shape index (κ2) is 5.12. The summed E-state index contributed by atoms with van der Waals surface area (Å²) < 4.78 is 5.51. The number of carbonyl (C=O) groups excluding carboxylic acids is 1. The highest BCUT2D eigenvalue weighted by atomic mass is 16.5. The van der Waals surface area contributed by atoms with Gasteiger partial charge >= 0.3 is 0 Å². The van der Waals surface area contributed by atoms with Gasteiger partial charge in [0, 0.05) is 5.56 Å². The number of benzene rings is 1. The van der Waals surface area contributed by atoms with E-state index < -0.39 is 0 Å². The Kier molecular flexibility index (Phi) is 3.57. The number of hydrogen-bond acceptors (Lipinski definition) is 3. The molecule has 0 aromatic heterocycles. The Bertz CT molecular complexity index is 388. The molecule has 1 aliphatic rings. The maximum absolute atomic E-state index is 11.8. The average molecular weight is 219 g/mol. The van der Waals surface area contributed by atoms with E-state index in [1.54, 1.807) is 0 Å². The van der Waals surface area contributed by atoms with Crippen molar-refractivity contribution in [1.29, 1.82) is 0 Å². The maximum Gasteiger partial charge on any atom is 0.176 e. The van der Waals surface area contributed by atoms with Crippen molar-refractivity contribution in [3.05, 3.63) is 29.3 Å². The fourth-order valence-electron chi connectivity index (χ4n) is 1.87. The van der Waals surface area contributed by atoms with Crippen molar-refractivity contribution in [2.75, 3.05) is 19.7 Å². The Morgan fingerprint density at radius 1 is 1.50 bits per heavy atom. The molecule has 0 atom stereocenters. The van der Waals surface area contributed by atoms with E-state index in [2.05, 4.69) is 5.32 Å². The number of carbonyl (C=O) groups is 1. The Balaban J connectivity index is 2.13. The van der Waals surface area contributed by atoms with Crippen LogP contribution in [0.15, 0.2) is 18.2 Å². The summed E-state index contributed by atoms with van der Waals surface area (Å²) in [6.07, 6.45) is 2.05. The largest absolute Gasteiger partial charge is 0.493 e. The Morgan fingerprint density at radius 3 is 3.19 bits per heavy atom. The van der Waals surface area contributed by atoms with Gasteiger partial charge in [0.25, 0.3) is 0 Å². The number of hydrogen-bond donors (Lipinski definition) is 1. The zero-order chi connectivity index (χ0) is 11.4. The number of fused-ring (bicyclic) bond motifs is 1. The fraction of sp³-hybridized carbons (Fsp3) is 0.462. The molecule has 3 nitrogen and oxygen atoms in total. The van der Waals surface area contributed by atoms with Crippen LogP contribution in [0.3, 0.4) is 0 Å². The summed E-state index contributed by atoms with van der Waals surface area (Å²) in [5, 5.41) is 3.05. The highest BCUT2D eigenvalue weighted by molar-refractivity contribution is 5.98. The fourth-order valence-corrected chi connectivity index (χ4v) is 1.87. The lowest BCUT2D eigenvalue weighted by atomic mass is 10.0. The number of ether oxygens (including phenoxy) is 1. The third kappa shape index (κ3) is 2.42. The third-order valence-electron chi connectivity index (χ3n) is 2.77. The molecule has 0 fully saturated rings. The van der Waals surface area contributed by atoms with Crippen molar-refractivity contribution in [3.63, 3.8) is 0 Å². The van der Waals surface area contributed by atoms with Gasteiger partial charge in [-0.3, -0.25) is 4.79 Å². The lowest BCUT2D eigenvalue weighted by Crippen LogP contribution is -2.22. The first-order valence-corrected chi connectivity index (χ1v) is 5.81. The summed E-state index contributed by atoms with van der Waals surface area (Å²) in [6.45, 7) is 4.02. The van der Waals surface area contributed by atoms with Gasteiger partial charge in [-0.25, -0.2) is 0 Å². The van der Waals surface area contributed by atoms with Crippen molar-refractivity contribution in [3.8, 4) is 5.75 Å². The molecule has 1 aliphatic heterocycles. The second-order valence-electron chi connectivity index (χ2n) is 3.98. The number of nitrogens with one attached hydrogen (secondary N) is 1. The molecule has 0 saturated heterocycles. The maximum atomic E-state index is 11.8. The summed E-state index contributed by atoms with van der Waals surface area (Å²) in [4.78, 5) is 11.8. The molecule has 0 spiro atoms. The summed E-state index contributed by atoms with van der Waals surface area (Å²) in [5.41, 5.74) is 1.94. The zero-order valence-electron chi connectivity index (χ0n) is 9.58. The van der Waals surface area contributed by atoms with Gasteiger partial charge in [-0.15, -0.1) is 0 Å². The molecule has 0 radical (unpaired) electrons. The molecular weight excluding hydrogens is 202 g/mol. The molecule has 2 rings (SSSR count). The topological polar surface area (TPSA) is 38.3 Å². The smallest absolute Gasteiger partial charge is 0.176 e. The van der Waals surface area contributed by atoms with Gasteiger partial charge in [0.15, 0.2) is 5.78 Å². The molecule has 1 aromatic rings. The average Bonchev–Trinajstić information content (AvgIpc) is 2.35. The van der Waals surface area contributed by atoms with Gasteiger partial charge in [0.05, 0.1) is 13.2 Å². The Hall–Kier alpha value is -1.35. The van der Waals surface area contributed by atoms with Crippen LogP contribution < -0.4 is 10.1 Å². The normalized spacial score (nSPS) is 14.1. The summed E-state index contributed by atoms with van der Waals surface area (Å²) >= 11 is 0. The molecule has 1 N–H and O–H groups in total. The van der Waals surface area contributed by atoms with Gasteiger partial charge < -0.3 is 10.1 Å². The van der Waals surface area contributed by atoms with Crippen LogP contribution in [0.4, 0.5) is 0 Å². The zero-order valence-corrected chi connectivity index (χ0v) is 9.58. The minimum absolute atomic E-state index is 0.148. The molecule has 0 unspecified atom stereocenters. The van der Waals surface area contributed by atoms with E-state index in [9.17, 15) is 4.79 Å². The van der Waals surface area contributed by atoms with E-state index in [0.717, 1.165) is 42.9 Å². The van der Waals surface area contributed by atoms with E-state index in [1.165, 1.54) is 0 Å². The highest BCUT2D eigenvalue weighted by Gasteiger charge is 2.13. The molecule has 0 saturated carbocycles. The van der Waals surface area contributed by atoms with Gasteiger partial charge in [-0.05, 0) is 43.1 Å². The van der Waals surface area contributed by atoms with Crippen LogP contribution in [-0.2, 0) is 6.42 Å². The highest BCUT2D eigenvalue weighted by Crippen LogP contribution is 2.25. The van der Waals surface area contributed by atoms with Crippen molar-refractivity contribution in [2.24, 2.45) is 0 Å². The van der Waals surface area contributed by atoms with Crippen molar-refractivity contribution in [2.45, 2.75) is 19.8 Å². The minimum Gasteiger partial charge on any atom is -0.493 e. The first-order chi connectivity index (χ1) is 7.81. The molecule has 1 aromatic carbocycles. The van der Waals surface area contributed by atoms with E-state index >= 15 is 0 Å². The summed E-state index contributed by atoms with van der Waals surface area (Å²) in [5.74, 6) is 1.08. The molecule has 0 amide bonds. The van der Waals surface area contributed by atoms with Crippen LogP contribution in [-0.4, -0.2) is 25.5 Å². The van der Waals surface area contributed by atoms with Gasteiger partial charge in [0.2, 0.25) is 0 Å². The van der Waals surface area contributed by atoms with Crippen molar-refractivity contribution < 1.29 is 9.53 Å².